The molecule has 0 radical (unpaired) electrons. The summed E-state index contributed by atoms with van der Waals surface area (Å²) in [6, 6.07) is 10.8. The molecule has 0 saturated heterocycles. The number of fused-ring (bicyclic) bond motifs is 1. The fourth-order valence-corrected chi connectivity index (χ4v) is 2.90. The molecule has 116 valence electrons. The Morgan fingerprint density at radius 2 is 2.00 bits per heavy atom. The molecule has 0 unspecified atom stereocenters. The minimum atomic E-state index is 0.931. The monoisotopic (exact) mass is 296 g/mol. The quantitative estimate of drug-likeness (QED) is 0.826. The van der Waals surface area contributed by atoms with Crippen LogP contribution in [0.4, 0.5) is 11.6 Å². The van der Waals surface area contributed by atoms with E-state index < -0.39 is 0 Å². The number of anilines is 2. The van der Waals surface area contributed by atoms with E-state index >= 15 is 0 Å². The van der Waals surface area contributed by atoms with Crippen molar-refractivity contribution in [2.45, 2.75) is 39.2 Å². The van der Waals surface area contributed by atoms with Crippen molar-refractivity contribution in [3.05, 3.63) is 47.8 Å². The molecule has 1 aromatic carbocycles. The zero-order valence-electron chi connectivity index (χ0n) is 13.3. The van der Waals surface area contributed by atoms with Crippen molar-refractivity contribution in [1.29, 1.82) is 0 Å². The molecule has 0 spiro atoms. The van der Waals surface area contributed by atoms with E-state index in [4.69, 9.17) is 0 Å². The largest absolute Gasteiger partial charge is 0.370 e. The maximum Gasteiger partial charge on any atom is 0.134 e. The number of hydrogen-bond donors (Lipinski definition) is 1. The van der Waals surface area contributed by atoms with E-state index in [0.29, 0.717) is 0 Å². The van der Waals surface area contributed by atoms with Crippen molar-refractivity contribution in [2.24, 2.45) is 0 Å². The summed E-state index contributed by atoms with van der Waals surface area (Å²) in [6.07, 6.45) is 6.43. The Morgan fingerprint density at radius 1 is 1.14 bits per heavy atom. The van der Waals surface area contributed by atoms with E-state index in [1.54, 1.807) is 6.33 Å². The number of rotatable bonds is 6. The number of hydrogen-bond acceptors (Lipinski definition) is 4. The van der Waals surface area contributed by atoms with E-state index in [1.165, 1.54) is 30.4 Å². The fourth-order valence-electron chi connectivity index (χ4n) is 2.90. The topological polar surface area (TPSA) is 41.0 Å². The zero-order chi connectivity index (χ0) is 15.2. The molecule has 1 N–H and O–H groups in total. The lowest BCUT2D eigenvalue weighted by molar-refractivity contribution is 0.718. The first-order valence-corrected chi connectivity index (χ1v) is 8.24. The molecule has 4 heteroatoms. The van der Waals surface area contributed by atoms with Crippen molar-refractivity contribution < 1.29 is 0 Å². The van der Waals surface area contributed by atoms with Crippen LogP contribution in [-0.2, 0) is 13.0 Å². The van der Waals surface area contributed by atoms with E-state index in [-0.39, 0.29) is 0 Å². The molecule has 0 aliphatic carbocycles. The molecule has 1 aromatic heterocycles. The maximum absolute atomic E-state index is 4.46. The highest BCUT2D eigenvalue weighted by molar-refractivity contribution is 5.50. The molecule has 0 bridgehead atoms. The SMILES string of the molecule is CCCCCNc1cc(N2CCc3ccccc3C2)ncn1. The Hall–Kier alpha value is -2.10. The van der Waals surface area contributed by atoms with Crippen molar-refractivity contribution in [3.63, 3.8) is 0 Å². The van der Waals surface area contributed by atoms with Crippen LogP contribution >= 0.6 is 0 Å². The third kappa shape index (κ3) is 3.56. The van der Waals surface area contributed by atoms with Crippen LogP contribution in [0.5, 0.6) is 0 Å². The molecule has 1 aliphatic rings. The van der Waals surface area contributed by atoms with E-state index in [2.05, 4.69) is 57.4 Å². The van der Waals surface area contributed by atoms with Crippen molar-refractivity contribution in [3.8, 4) is 0 Å². The summed E-state index contributed by atoms with van der Waals surface area (Å²) in [5, 5.41) is 3.40. The molecule has 22 heavy (non-hydrogen) atoms. The molecule has 0 amide bonds. The van der Waals surface area contributed by atoms with Crippen LogP contribution in [-0.4, -0.2) is 23.1 Å². The highest BCUT2D eigenvalue weighted by atomic mass is 15.2. The van der Waals surface area contributed by atoms with Crippen LogP contribution < -0.4 is 10.2 Å². The molecule has 0 saturated carbocycles. The average molecular weight is 296 g/mol. The highest BCUT2D eigenvalue weighted by Crippen LogP contribution is 2.23. The first-order valence-electron chi connectivity index (χ1n) is 8.24. The van der Waals surface area contributed by atoms with Crippen LogP contribution in [0.2, 0.25) is 0 Å². The predicted molar refractivity (Wildman–Crippen MR) is 91.2 cm³/mol. The predicted octanol–water partition coefficient (Wildman–Crippen LogP) is 3.64. The van der Waals surface area contributed by atoms with Crippen LogP contribution in [0, 0.1) is 0 Å². The number of nitrogens with one attached hydrogen (secondary N) is 1. The minimum absolute atomic E-state index is 0.931. The van der Waals surface area contributed by atoms with Crippen LogP contribution in [0.25, 0.3) is 0 Å². The van der Waals surface area contributed by atoms with Gasteiger partial charge in [-0.3, -0.25) is 0 Å². The third-order valence-corrected chi connectivity index (χ3v) is 4.19. The van der Waals surface area contributed by atoms with Gasteiger partial charge in [0.05, 0.1) is 0 Å². The van der Waals surface area contributed by atoms with Crippen LogP contribution in [0.15, 0.2) is 36.7 Å². The number of aromatic nitrogens is 2. The Balaban J connectivity index is 1.65. The summed E-state index contributed by atoms with van der Waals surface area (Å²) >= 11 is 0. The van der Waals surface area contributed by atoms with Gasteiger partial charge in [-0.2, -0.15) is 0 Å². The summed E-state index contributed by atoms with van der Waals surface area (Å²) in [7, 11) is 0. The van der Waals surface area contributed by atoms with E-state index in [1.807, 2.05) is 0 Å². The van der Waals surface area contributed by atoms with Crippen molar-refractivity contribution in [2.75, 3.05) is 23.3 Å². The Morgan fingerprint density at radius 3 is 2.86 bits per heavy atom. The molecule has 1 aliphatic heterocycles. The lowest BCUT2D eigenvalue weighted by Crippen LogP contribution is -2.31. The molecule has 0 fully saturated rings. The smallest absolute Gasteiger partial charge is 0.134 e. The van der Waals surface area contributed by atoms with Gasteiger partial charge in [-0.25, -0.2) is 9.97 Å². The van der Waals surface area contributed by atoms with Gasteiger partial charge in [-0.05, 0) is 24.0 Å². The summed E-state index contributed by atoms with van der Waals surface area (Å²) in [6.45, 7) is 5.15. The second kappa shape index (κ2) is 7.25. The molecule has 0 atom stereocenters. The minimum Gasteiger partial charge on any atom is -0.370 e. The van der Waals surface area contributed by atoms with Crippen LogP contribution in [0.3, 0.4) is 0 Å². The average Bonchev–Trinajstić information content (AvgIpc) is 2.59. The first-order chi connectivity index (χ1) is 10.9. The van der Waals surface area contributed by atoms with Gasteiger partial charge in [-0.1, -0.05) is 44.0 Å². The van der Waals surface area contributed by atoms with E-state index in [9.17, 15) is 0 Å². The van der Waals surface area contributed by atoms with Crippen LogP contribution in [0.1, 0.15) is 37.3 Å². The third-order valence-electron chi connectivity index (χ3n) is 4.19. The standard InChI is InChI=1S/C18H24N4/c1-2-3-6-10-19-17-12-18(21-14-20-17)22-11-9-15-7-4-5-8-16(15)13-22/h4-5,7-8,12,14H,2-3,6,9-11,13H2,1H3,(H,19,20,21). The highest BCUT2D eigenvalue weighted by Gasteiger charge is 2.17. The lowest BCUT2D eigenvalue weighted by Gasteiger charge is -2.29. The Kier molecular flexibility index (Phi) is 4.88. The summed E-state index contributed by atoms with van der Waals surface area (Å²) in [5.74, 6) is 1.95. The number of nitrogens with zero attached hydrogens (tertiary/aromatic N) is 3. The molecule has 4 nitrogen and oxygen atoms in total. The fraction of sp³-hybridized carbons (Fsp3) is 0.444. The van der Waals surface area contributed by atoms with Gasteiger partial charge in [0, 0.05) is 25.7 Å². The van der Waals surface area contributed by atoms with Gasteiger partial charge in [0.25, 0.3) is 0 Å². The van der Waals surface area contributed by atoms with Gasteiger partial charge in [0.2, 0.25) is 0 Å². The summed E-state index contributed by atoms with van der Waals surface area (Å²) < 4.78 is 0. The van der Waals surface area contributed by atoms with Gasteiger partial charge in [0.1, 0.15) is 18.0 Å². The number of benzene rings is 1. The van der Waals surface area contributed by atoms with Crippen molar-refractivity contribution in [1.82, 2.24) is 9.97 Å². The maximum atomic E-state index is 4.46. The van der Waals surface area contributed by atoms with Crippen molar-refractivity contribution >= 4 is 11.6 Å². The second-order valence-corrected chi connectivity index (χ2v) is 5.84. The summed E-state index contributed by atoms with van der Waals surface area (Å²) in [4.78, 5) is 11.1. The van der Waals surface area contributed by atoms with Gasteiger partial charge in [-0.15, -0.1) is 0 Å². The molecule has 2 heterocycles. The normalized spacial score (nSPS) is 13.8. The first kappa shape index (κ1) is 14.8. The van der Waals surface area contributed by atoms with Gasteiger partial charge in [0.15, 0.2) is 0 Å². The molecule has 3 rings (SSSR count). The molecular weight excluding hydrogens is 272 g/mol. The summed E-state index contributed by atoms with van der Waals surface area (Å²) in [5.41, 5.74) is 2.87. The number of unbranched alkanes of at least 4 members (excludes halogenated alkanes) is 2. The Labute approximate surface area is 132 Å². The van der Waals surface area contributed by atoms with E-state index in [0.717, 1.165) is 37.7 Å². The second-order valence-electron chi connectivity index (χ2n) is 5.84. The molecular formula is C18H24N4. The zero-order valence-corrected chi connectivity index (χ0v) is 13.3. The Bertz CT molecular complexity index is 612. The molecule has 2 aromatic rings. The van der Waals surface area contributed by atoms with Gasteiger partial charge < -0.3 is 10.2 Å². The van der Waals surface area contributed by atoms with Gasteiger partial charge >= 0.3 is 0 Å². The lowest BCUT2D eigenvalue weighted by atomic mass is 10.00.